The van der Waals surface area contributed by atoms with Gasteiger partial charge in [0.05, 0.1) is 12.7 Å². The highest BCUT2D eigenvalue weighted by Gasteiger charge is 2.25. The van der Waals surface area contributed by atoms with Crippen LogP contribution in [0, 0.1) is 0 Å². The van der Waals surface area contributed by atoms with Crippen LogP contribution in [0.2, 0.25) is 5.02 Å². The molecule has 0 spiro atoms. The molecule has 3 aromatic carbocycles. The number of carbonyl (C=O) groups is 1. The van der Waals surface area contributed by atoms with Crippen LogP contribution in [0.1, 0.15) is 15.9 Å². The van der Waals surface area contributed by atoms with Crippen molar-refractivity contribution in [3.63, 3.8) is 0 Å². The summed E-state index contributed by atoms with van der Waals surface area (Å²) in [6.45, 7) is 3.19. The summed E-state index contributed by atoms with van der Waals surface area (Å²) in [4.78, 5) is 17.4. The van der Waals surface area contributed by atoms with Crippen LogP contribution in [0.4, 0.5) is 5.69 Å². The summed E-state index contributed by atoms with van der Waals surface area (Å²) in [6.07, 6.45) is 0. The van der Waals surface area contributed by atoms with Crippen LogP contribution in [-0.4, -0.2) is 44.1 Å². The molecule has 1 fully saturated rings. The molecule has 0 aromatic heterocycles. The van der Waals surface area contributed by atoms with Crippen molar-refractivity contribution in [2.45, 2.75) is 6.61 Å². The van der Waals surface area contributed by atoms with E-state index in [-0.39, 0.29) is 5.91 Å². The number of benzene rings is 3. The molecule has 1 aliphatic rings. The van der Waals surface area contributed by atoms with E-state index >= 15 is 0 Å². The largest absolute Gasteiger partial charge is 0.497 e. The molecule has 1 saturated heterocycles. The van der Waals surface area contributed by atoms with Crippen molar-refractivity contribution >= 4 is 23.2 Å². The fourth-order valence-corrected chi connectivity index (χ4v) is 3.83. The van der Waals surface area contributed by atoms with Gasteiger partial charge in [-0.25, -0.2) is 0 Å². The molecule has 31 heavy (non-hydrogen) atoms. The molecule has 0 unspecified atom stereocenters. The second-order valence-electron chi connectivity index (χ2n) is 7.39. The molecule has 0 bridgehead atoms. The van der Waals surface area contributed by atoms with Crippen molar-refractivity contribution in [1.82, 2.24) is 4.90 Å². The van der Waals surface area contributed by atoms with Crippen LogP contribution in [0.3, 0.4) is 0 Å². The van der Waals surface area contributed by atoms with Crippen molar-refractivity contribution in [2.24, 2.45) is 0 Å². The zero-order valence-corrected chi connectivity index (χ0v) is 18.2. The van der Waals surface area contributed by atoms with Crippen molar-refractivity contribution in [3.05, 3.63) is 88.9 Å². The standard InChI is InChI=1S/C25H25ClN2O3/c1-30-22-10-8-21(9-11-22)27-13-15-28(16-14-27)25(29)23-17-20(26)7-12-24(23)31-18-19-5-3-2-4-6-19/h2-12,17H,13-16,18H2,1H3. The minimum atomic E-state index is -0.0556. The van der Waals surface area contributed by atoms with E-state index in [4.69, 9.17) is 21.1 Å². The van der Waals surface area contributed by atoms with E-state index < -0.39 is 0 Å². The zero-order valence-electron chi connectivity index (χ0n) is 17.5. The number of anilines is 1. The summed E-state index contributed by atoms with van der Waals surface area (Å²) < 4.78 is 11.2. The van der Waals surface area contributed by atoms with Gasteiger partial charge in [-0.1, -0.05) is 41.9 Å². The minimum absolute atomic E-state index is 0.0556. The smallest absolute Gasteiger partial charge is 0.257 e. The molecule has 0 N–H and O–H groups in total. The highest BCUT2D eigenvalue weighted by molar-refractivity contribution is 6.31. The van der Waals surface area contributed by atoms with Crippen LogP contribution < -0.4 is 14.4 Å². The zero-order chi connectivity index (χ0) is 21.6. The third-order valence-corrected chi connectivity index (χ3v) is 5.65. The topological polar surface area (TPSA) is 42.0 Å². The number of carbonyl (C=O) groups excluding carboxylic acids is 1. The Balaban J connectivity index is 1.42. The minimum Gasteiger partial charge on any atom is -0.497 e. The van der Waals surface area contributed by atoms with Crippen LogP contribution in [0.25, 0.3) is 0 Å². The lowest BCUT2D eigenvalue weighted by Crippen LogP contribution is -2.48. The summed E-state index contributed by atoms with van der Waals surface area (Å²) in [5.41, 5.74) is 2.67. The van der Waals surface area contributed by atoms with E-state index in [1.54, 1.807) is 25.3 Å². The number of hydrogen-bond acceptors (Lipinski definition) is 4. The Morgan fingerprint density at radius 1 is 0.935 bits per heavy atom. The van der Waals surface area contributed by atoms with Gasteiger partial charge in [0.1, 0.15) is 18.1 Å². The Morgan fingerprint density at radius 2 is 1.65 bits per heavy atom. The predicted octanol–water partition coefficient (Wildman–Crippen LogP) is 4.89. The maximum atomic E-state index is 13.3. The second-order valence-corrected chi connectivity index (χ2v) is 7.83. The fourth-order valence-electron chi connectivity index (χ4n) is 3.66. The Labute approximate surface area is 187 Å². The molecule has 1 amide bonds. The summed E-state index contributed by atoms with van der Waals surface area (Å²) in [6, 6.07) is 23.1. The van der Waals surface area contributed by atoms with Gasteiger partial charge in [-0.3, -0.25) is 4.79 Å². The number of piperazine rings is 1. The SMILES string of the molecule is COc1ccc(N2CCN(C(=O)c3cc(Cl)ccc3OCc3ccccc3)CC2)cc1. The molecule has 1 aliphatic heterocycles. The van der Waals surface area contributed by atoms with E-state index in [9.17, 15) is 4.79 Å². The molecule has 0 aliphatic carbocycles. The molecule has 0 saturated carbocycles. The normalized spacial score (nSPS) is 13.7. The van der Waals surface area contributed by atoms with Gasteiger partial charge in [0.25, 0.3) is 5.91 Å². The lowest BCUT2D eigenvalue weighted by atomic mass is 10.1. The van der Waals surface area contributed by atoms with Crippen LogP contribution in [-0.2, 0) is 6.61 Å². The molecule has 6 heteroatoms. The molecular weight excluding hydrogens is 412 g/mol. The second kappa shape index (κ2) is 9.75. The number of ether oxygens (including phenoxy) is 2. The van der Waals surface area contributed by atoms with Crippen LogP contribution in [0.15, 0.2) is 72.8 Å². The third-order valence-electron chi connectivity index (χ3n) is 5.41. The molecule has 160 valence electrons. The monoisotopic (exact) mass is 436 g/mol. The van der Waals surface area contributed by atoms with E-state index in [1.165, 1.54) is 0 Å². The molecule has 0 radical (unpaired) electrons. The molecule has 5 nitrogen and oxygen atoms in total. The Bertz CT molecular complexity index is 1020. The predicted molar refractivity (Wildman–Crippen MR) is 123 cm³/mol. The van der Waals surface area contributed by atoms with Gasteiger partial charge in [0.2, 0.25) is 0 Å². The quantitative estimate of drug-likeness (QED) is 0.551. The van der Waals surface area contributed by atoms with Crippen molar-refractivity contribution in [2.75, 3.05) is 38.2 Å². The molecule has 1 heterocycles. The van der Waals surface area contributed by atoms with Crippen molar-refractivity contribution in [3.8, 4) is 11.5 Å². The summed E-state index contributed by atoms with van der Waals surface area (Å²) >= 11 is 6.20. The van der Waals surface area contributed by atoms with Gasteiger partial charge in [-0.05, 0) is 48.0 Å². The highest BCUT2D eigenvalue weighted by atomic mass is 35.5. The maximum absolute atomic E-state index is 13.3. The Morgan fingerprint density at radius 3 is 2.32 bits per heavy atom. The average molecular weight is 437 g/mol. The summed E-state index contributed by atoms with van der Waals surface area (Å²) in [5, 5.41) is 0.521. The highest BCUT2D eigenvalue weighted by Crippen LogP contribution is 2.27. The van der Waals surface area contributed by atoms with Gasteiger partial charge in [0, 0.05) is 36.9 Å². The van der Waals surface area contributed by atoms with Gasteiger partial charge in [-0.2, -0.15) is 0 Å². The van der Waals surface area contributed by atoms with Gasteiger partial charge >= 0.3 is 0 Å². The Hall–Kier alpha value is -3.18. The van der Waals surface area contributed by atoms with Gasteiger partial charge in [0.15, 0.2) is 0 Å². The Kier molecular flexibility index (Phi) is 6.63. The third kappa shape index (κ3) is 5.12. The first kappa shape index (κ1) is 21.1. The first-order valence-corrected chi connectivity index (χ1v) is 10.7. The van der Waals surface area contributed by atoms with E-state index in [0.717, 1.165) is 30.1 Å². The summed E-state index contributed by atoms with van der Waals surface area (Å²) in [7, 11) is 1.66. The van der Waals surface area contributed by atoms with Crippen molar-refractivity contribution in [1.29, 1.82) is 0 Å². The first-order valence-electron chi connectivity index (χ1n) is 10.3. The van der Waals surface area contributed by atoms with Crippen LogP contribution >= 0.6 is 11.6 Å². The number of amides is 1. The number of halogens is 1. The fraction of sp³-hybridized carbons (Fsp3) is 0.240. The first-order chi connectivity index (χ1) is 15.1. The lowest BCUT2D eigenvalue weighted by Gasteiger charge is -2.36. The lowest BCUT2D eigenvalue weighted by molar-refractivity contribution is 0.0742. The van der Waals surface area contributed by atoms with Crippen molar-refractivity contribution < 1.29 is 14.3 Å². The molecule has 4 rings (SSSR count). The van der Waals surface area contributed by atoms with Gasteiger partial charge in [-0.15, -0.1) is 0 Å². The number of methoxy groups -OCH3 is 1. The van der Waals surface area contributed by atoms with E-state index in [0.29, 0.717) is 36.0 Å². The number of hydrogen-bond donors (Lipinski definition) is 0. The average Bonchev–Trinajstić information content (AvgIpc) is 2.83. The van der Waals surface area contributed by atoms with E-state index in [2.05, 4.69) is 4.90 Å². The molecular formula is C25H25ClN2O3. The number of rotatable bonds is 6. The molecule has 3 aromatic rings. The van der Waals surface area contributed by atoms with E-state index in [1.807, 2.05) is 59.5 Å². The maximum Gasteiger partial charge on any atom is 0.257 e. The summed E-state index contributed by atoms with van der Waals surface area (Å²) in [5.74, 6) is 1.33. The van der Waals surface area contributed by atoms with Gasteiger partial charge < -0.3 is 19.3 Å². The van der Waals surface area contributed by atoms with Crippen LogP contribution in [0.5, 0.6) is 11.5 Å². The number of nitrogens with zero attached hydrogens (tertiary/aromatic N) is 2. The molecule has 0 atom stereocenters.